The number of anilines is 1. The van der Waals surface area contributed by atoms with Crippen molar-refractivity contribution < 1.29 is 14.3 Å². The molecule has 0 N–H and O–H groups in total. The summed E-state index contributed by atoms with van der Waals surface area (Å²) in [6, 6.07) is 9.55. The second kappa shape index (κ2) is 8.58. The minimum Gasteiger partial charge on any atom is -0.497 e. The van der Waals surface area contributed by atoms with E-state index in [9.17, 15) is 4.79 Å². The summed E-state index contributed by atoms with van der Waals surface area (Å²) in [7, 11) is 5.04. The number of nitrogens with zero attached hydrogens (tertiary/aromatic N) is 7. The zero-order valence-corrected chi connectivity index (χ0v) is 20.0. The van der Waals surface area contributed by atoms with E-state index in [4.69, 9.17) is 9.47 Å². The van der Waals surface area contributed by atoms with Crippen molar-refractivity contribution in [2.24, 2.45) is 12.5 Å². The van der Waals surface area contributed by atoms with Gasteiger partial charge in [-0.1, -0.05) is 12.1 Å². The molecule has 0 aliphatic carbocycles. The third-order valence-electron chi connectivity index (χ3n) is 6.73. The van der Waals surface area contributed by atoms with E-state index in [2.05, 4.69) is 25.1 Å². The van der Waals surface area contributed by atoms with Crippen molar-refractivity contribution >= 4 is 11.9 Å². The predicted octanol–water partition coefficient (Wildman–Crippen LogP) is 2.23. The van der Waals surface area contributed by atoms with Gasteiger partial charge in [0.15, 0.2) is 0 Å². The maximum absolute atomic E-state index is 13.6. The minimum atomic E-state index is -0.418. The van der Waals surface area contributed by atoms with Gasteiger partial charge in [0, 0.05) is 44.0 Å². The molecule has 2 saturated heterocycles. The van der Waals surface area contributed by atoms with Crippen LogP contribution in [0.1, 0.15) is 24.2 Å². The summed E-state index contributed by atoms with van der Waals surface area (Å²) in [5, 5.41) is 9.14. The van der Waals surface area contributed by atoms with Gasteiger partial charge in [0.05, 0.1) is 26.2 Å². The van der Waals surface area contributed by atoms with Gasteiger partial charge in [-0.15, -0.1) is 0 Å². The van der Waals surface area contributed by atoms with Gasteiger partial charge in [0.25, 0.3) is 0 Å². The molecular formula is C24H29N7O3. The van der Waals surface area contributed by atoms with E-state index in [1.54, 1.807) is 32.1 Å². The van der Waals surface area contributed by atoms with Crippen molar-refractivity contribution in [3.63, 3.8) is 0 Å². The molecule has 4 heterocycles. The molecule has 2 aliphatic rings. The van der Waals surface area contributed by atoms with Crippen LogP contribution in [-0.2, 0) is 18.4 Å². The number of amides is 1. The highest BCUT2D eigenvalue weighted by atomic mass is 16.5. The fourth-order valence-corrected chi connectivity index (χ4v) is 4.96. The van der Waals surface area contributed by atoms with Crippen LogP contribution in [0.2, 0.25) is 0 Å². The van der Waals surface area contributed by atoms with Gasteiger partial charge in [-0.3, -0.25) is 4.79 Å². The van der Waals surface area contributed by atoms with Crippen LogP contribution >= 0.6 is 0 Å². The monoisotopic (exact) mass is 463 g/mol. The second-order valence-corrected chi connectivity index (χ2v) is 9.00. The van der Waals surface area contributed by atoms with Gasteiger partial charge < -0.3 is 19.3 Å². The lowest BCUT2D eigenvalue weighted by atomic mass is 9.85. The lowest BCUT2D eigenvalue weighted by molar-refractivity contribution is -0.135. The fourth-order valence-electron chi connectivity index (χ4n) is 4.96. The van der Waals surface area contributed by atoms with E-state index in [0.717, 1.165) is 47.8 Å². The maximum Gasteiger partial charge on any atom is 0.231 e. The summed E-state index contributed by atoms with van der Waals surface area (Å²) in [5.74, 6) is 2.08. The Morgan fingerprint density at radius 1 is 1.06 bits per heavy atom. The third-order valence-corrected chi connectivity index (χ3v) is 6.73. The van der Waals surface area contributed by atoms with Gasteiger partial charge in [-0.05, 0) is 31.9 Å². The van der Waals surface area contributed by atoms with Gasteiger partial charge in [-0.2, -0.15) is 20.0 Å². The summed E-state index contributed by atoms with van der Waals surface area (Å²) < 4.78 is 10.7. The summed E-state index contributed by atoms with van der Waals surface area (Å²) in [6.45, 7) is 4.39. The molecule has 178 valence electrons. The summed E-state index contributed by atoms with van der Waals surface area (Å²) in [6.07, 6.45) is 1.59. The van der Waals surface area contributed by atoms with Crippen LogP contribution in [0.3, 0.4) is 0 Å². The SMILES string of the molecule is COc1cccc(-c2nn(C)nc2CN2CCC3(CCN(c4nc(C)cc(OC)n4)C3)C2=O)c1. The number of aryl methyl sites for hydroxylation is 2. The molecule has 10 heteroatoms. The molecule has 5 rings (SSSR count). The number of carbonyl (C=O) groups is 1. The van der Waals surface area contributed by atoms with E-state index in [-0.39, 0.29) is 5.91 Å². The van der Waals surface area contributed by atoms with E-state index in [1.165, 1.54) is 0 Å². The molecule has 2 aromatic heterocycles. The highest BCUT2D eigenvalue weighted by Crippen LogP contribution is 2.42. The number of carbonyl (C=O) groups excluding carboxylic acids is 1. The molecule has 2 aliphatic heterocycles. The summed E-state index contributed by atoms with van der Waals surface area (Å²) in [5.41, 5.74) is 2.89. The van der Waals surface area contributed by atoms with Crippen LogP contribution in [0.5, 0.6) is 11.6 Å². The summed E-state index contributed by atoms with van der Waals surface area (Å²) in [4.78, 5) is 28.2. The van der Waals surface area contributed by atoms with E-state index in [0.29, 0.717) is 31.5 Å². The first kappa shape index (κ1) is 22.1. The molecule has 1 atom stereocenters. The molecule has 0 radical (unpaired) electrons. The Bertz CT molecular complexity index is 1230. The fraction of sp³-hybridized carbons (Fsp3) is 0.458. The number of rotatable bonds is 6. The van der Waals surface area contributed by atoms with Gasteiger partial charge >= 0.3 is 0 Å². The molecule has 0 bridgehead atoms. The van der Waals surface area contributed by atoms with Crippen molar-refractivity contribution in [2.75, 3.05) is 38.8 Å². The van der Waals surface area contributed by atoms with Gasteiger partial charge in [0.2, 0.25) is 17.7 Å². The zero-order chi connectivity index (χ0) is 23.9. The number of aromatic nitrogens is 5. The second-order valence-electron chi connectivity index (χ2n) is 9.00. The zero-order valence-electron chi connectivity index (χ0n) is 20.0. The Kier molecular flexibility index (Phi) is 5.59. The van der Waals surface area contributed by atoms with E-state index < -0.39 is 5.41 Å². The average molecular weight is 464 g/mol. The summed E-state index contributed by atoms with van der Waals surface area (Å²) >= 11 is 0. The Morgan fingerprint density at radius 2 is 1.88 bits per heavy atom. The highest BCUT2D eigenvalue weighted by Gasteiger charge is 2.51. The Morgan fingerprint density at radius 3 is 2.68 bits per heavy atom. The number of benzene rings is 1. The van der Waals surface area contributed by atoms with Crippen molar-refractivity contribution in [3.05, 3.63) is 41.7 Å². The Hall–Kier alpha value is -3.69. The number of hydrogen-bond donors (Lipinski definition) is 0. The van der Waals surface area contributed by atoms with Crippen LogP contribution in [0.15, 0.2) is 30.3 Å². The van der Waals surface area contributed by atoms with Crippen LogP contribution in [0.4, 0.5) is 5.95 Å². The molecule has 0 saturated carbocycles. The lowest BCUT2D eigenvalue weighted by Crippen LogP contribution is -2.37. The molecule has 2 fully saturated rings. The van der Waals surface area contributed by atoms with Crippen LogP contribution in [0.25, 0.3) is 11.3 Å². The number of methoxy groups -OCH3 is 2. The van der Waals surface area contributed by atoms with E-state index >= 15 is 0 Å². The van der Waals surface area contributed by atoms with Crippen LogP contribution < -0.4 is 14.4 Å². The van der Waals surface area contributed by atoms with Crippen LogP contribution in [0, 0.1) is 12.3 Å². The maximum atomic E-state index is 13.6. The topological polar surface area (TPSA) is 98.5 Å². The number of ether oxygens (including phenoxy) is 2. The van der Waals surface area contributed by atoms with Crippen molar-refractivity contribution in [1.29, 1.82) is 0 Å². The first-order valence-corrected chi connectivity index (χ1v) is 11.4. The molecule has 3 aromatic rings. The van der Waals surface area contributed by atoms with Crippen molar-refractivity contribution in [2.45, 2.75) is 26.3 Å². The van der Waals surface area contributed by atoms with Gasteiger partial charge in [-0.25, -0.2) is 4.98 Å². The molecule has 1 unspecified atom stereocenters. The largest absolute Gasteiger partial charge is 0.497 e. The standard InChI is InChI=1S/C24H29N7O3/c1-16-12-20(34-4)26-23(25-16)31-11-9-24(15-31)8-10-30(22(24)32)14-19-21(28-29(2)27-19)17-6-5-7-18(13-17)33-3/h5-7,12-13H,8-11,14-15H2,1-4H3. The Balaban J connectivity index is 1.34. The molecule has 1 amide bonds. The molecule has 34 heavy (non-hydrogen) atoms. The first-order valence-electron chi connectivity index (χ1n) is 11.4. The Labute approximate surface area is 198 Å². The normalized spacial score (nSPS) is 19.9. The average Bonchev–Trinajstić information content (AvgIpc) is 3.53. The number of likely N-dealkylation sites (tertiary alicyclic amines) is 1. The van der Waals surface area contributed by atoms with Gasteiger partial charge in [0.1, 0.15) is 17.1 Å². The van der Waals surface area contributed by atoms with E-state index in [1.807, 2.05) is 36.1 Å². The first-order chi connectivity index (χ1) is 16.4. The number of hydrogen-bond acceptors (Lipinski definition) is 8. The van der Waals surface area contributed by atoms with Crippen LogP contribution in [-0.4, -0.2) is 69.6 Å². The lowest BCUT2D eigenvalue weighted by Gasteiger charge is -2.23. The minimum absolute atomic E-state index is 0.164. The van der Waals surface area contributed by atoms with Crippen molar-refractivity contribution in [3.8, 4) is 22.9 Å². The molecule has 10 nitrogen and oxygen atoms in total. The molecule has 1 aromatic carbocycles. The quantitative estimate of drug-likeness (QED) is 0.549. The molecular weight excluding hydrogens is 434 g/mol. The highest BCUT2D eigenvalue weighted by molar-refractivity contribution is 5.86. The smallest absolute Gasteiger partial charge is 0.231 e. The van der Waals surface area contributed by atoms with Crippen molar-refractivity contribution in [1.82, 2.24) is 29.9 Å². The molecule has 1 spiro atoms. The predicted molar refractivity (Wildman–Crippen MR) is 126 cm³/mol. The third kappa shape index (κ3) is 3.93.